The van der Waals surface area contributed by atoms with Crippen LogP contribution >= 0.6 is 0 Å². The van der Waals surface area contributed by atoms with Crippen LogP contribution in [-0.4, -0.2) is 68.1 Å². The van der Waals surface area contributed by atoms with Gasteiger partial charge in [0.1, 0.15) is 0 Å². The summed E-state index contributed by atoms with van der Waals surface area (Å²) in [7, 11) is -4.97. The zero-order valence-corrected chi connectivity index (χ0v) is 38.6. The average molecular weight is 741 g/mol. The van der Waals surface area contributed by atoms with E-state index >= 15 is 0 Å². The zero-order valence-electron chi connectivity index (χ0n) is 35.6. The fourth-order valence-electron chi connectivity index (χ4n) is 4.95. The highest BCUT2D eigenvalue weighted by Gasteiger charge is 2.44. The van der Waals surface area contributed by atoms with Crippen LogP contribution in [0.2, 0.25) is 54.4 Å². The standard InChI is InChI=1S/C40H80O6Si3/c1-30(29-41)27-33(4)37(46-49(19,20)40(11,12)13)32(3)25-26-34(44-47(15,16)38(5,6)7)28-35(45-48(17,18)39(8,9)10)31(2)23-21-22-24-36(42)43-14/h21-26,30-35,37,41H,27-29H2,1-20H3/b23-21+,24-22-,26-25-/t30-,31+,32+,33+,34-,35+,37+/m1/s1. The van der Waals surface area contributed by atoms with Crippen molar-refractivity contribution in [1.29, 1.82) is 0 Å². The lowest BCUT2D eigenvalue weighted by Gasteiger charge is -2.43. The maximum Gasteiger partial charge on any atom is 0.330 e. The van der Waals surface area contributed by atoms with E-state index in [1.165, 1.54) is 13.2 Å². The maximum atomic E-state index is 11.7. The van der Waals surface area contributed by atoms with Crippen molar-refractivity contribution in [3.05, 3.63) is 36.5 Å². The van der Waals surface area contributed by atoms with Gasteiger partial charge in [0.25, 0.3) is 0 Å². The van der Waals surface area contributed by atoms with E-state index in [0.717, 1.165) is 12.8 Å². The molecule has 0 aromatic rings. The molecule has 0 aliphatic heterocycles. The number of aliphatic hydroxyl groups excluding tert-OH is 1. The summed E-state index contributed by atoms with van der Waals surface area (Å²) in [6.45, 7) is 43.6. The van der Waals surface area contributed by atoms with Crippen LogP contribution in [0.3, 0.4) is 0 Å². The second-order valence-electron chi connectivity index (χ2n) is 19.3. The molecule has 0 fully saturated rings. The lowest BCUT2D eigenvalue weighted by Crippen LogP contribution is -2.48. The molecule has 0 saturated heterocycles. The van der Waals surface area contributed by atoms with Crippen molar-refractivity contribution < 1.29 is 27.9 Å². The van der Waals surface area contributed by atoms with E-state index in [9.17, 15) is 9.90 Å². The van der Waals surface area contributed by atoms with E-state index in [2.05, 4.69) is 148 Å². The molecule has 288 valence electrons. The number of hydrogen-bond donors (Lipinski definition) is 1. The summed E-state index contributed by atoms with van der Waals surface area (Å²) in [5.74, 6) is 0.373. The molecular formula is C40H80O6Si3. The minimum Gasteiger partial charge on any atom is -0.466 e. The number of esters is 1. The van der Waals surface area contributed by atoms with Crippen LogP contribution in [0.15, 0.2) is 36.5 Å². The normalized spacial score (nSPS) is 18.9. The predicted octanol–water partition coefficient (Wildman–Crippen LogP) is 11.3. The first-order chi connectivity index (χ1) is 21.9. The first kappa shape index (κ1) is 48.2. The van der Waals surface area contributed by atoms with Crippen molar-refractivity contribution in [1.82, 2.24) is 0 Å². The SMILES string of the molecule is COC(=O)/C=C\C=C\[C@H](C)[C@H](C[C@@H](/C=C\[C@H](C)[C@H](O[Si](C)(C)C(C)(C)C)[C@@H](C)C[C@@H](C)CO)O[Si](C)(C)C(C)(C)C)O[Si](C)(C)C(C)(C)C. The van der Waals surface area contributed by atoms with Crippen molar-refractivity contribution in [3.63, 3.8) is 0 Å². The highest BCUT2D eigenvalue weighted by Crippen LogP contribution is 2.42. The van der Waals surface area contributed by atoms with E-state index in [0.29, 0.717) is 0 Å². The van der Waals surface area contributed by atoms with Crippen molar-refractivity contribution in [2.75, 3.05) is 13.7 Å². The number of ether oxygens (including phenoxy) is 1. The first-order valence-electron chi connectivity index (χ1n) is 18.7. The zero-order chi connectivity index (χ0) is 38.8. The van der Waals surface area contributed by atoms with Gasteiger partial charge in [-0.2, -0.15) is 0 Å². The van der Waals surface area contributed by atoms with Crippen LogP contribution < -0.4 is 0 Å². The highest BCUT2D eigenvalue weighted by atomic mass is 28.4. The Balaban J connectivity index is 6.93. The summed E-state index contributed by atoms with van der Waals surface area (Å²) in [6.07, 6.45) is 13.3. The molecule has 0 aliphatic rings. The average Bonchev–Trinajstić information content (AvgIpc) is 2.93. The Morgan fingerprint density at radius 3 is 1.57 bits per heavy atom. The second-order valence-corrected chi connectivity index (χ2v) is 33.6. The van der Waals surface area contributed by atoms with E-state index in [1.54, 1.807) is 6.08 Å². The topological polar surface area (TPSA) is 74.2 Å². The van der Waals surface area contributed by atoms with Crippen molar-refractivity contribution in [2.45, 2.75) is 176 Å². The molecule has 0 aromatic carbocycles. The summed E-state index contributed by atoms with van der Waals surface area (Å²) in [6, 6.07) is 0. The van der Waals surface area contributed by atoms with Crippen LogP contribution in [0, 0.1) is 23.7 Å². The molecular weight excluding hydrogens is 661 g/mol. The van der Waals surface area contributed by atoms with Crippen LogP contribution in [0.1, 0.15) is 103 Å². The molecule has 0 rings (SSSR count). The number of carbonyl (C=O) groups is 1. The maximum absolute atomic E-state index is 11.7. The monoisotopic (exact) mass is 741 g/mol. The fraction of sp³-hybridized carbons (Fsp3) is 0.825. The first-order valence-corrected chi connectivity index (χ1v) is 27.4. The third kappa shape index (κ3) is 16.2. The lowest BCUT2D eigenvalue weighted by atomic mass is 9.86. The molecule has 9 heteroatoms. The van der Waals surface area contributed by atoms with E-state index < -0.39 is 25.0 Å². The van der Waals surface area contributed by atoms with Gasteiger partial charge in [0.15, 0.2) is 25.0 Å². The van der Waals surface area contributed by atoms with E-state index in [1.807, 2.05) is 6.08 Å². The van der Waals surface area contributed by atoms with Gasteiger partial charge in [-0.05, 0) is 84.5 Å². The number of hydrogen-bond acceptors (Lipinski definition) is 6. The predicted molar refractivity (Wildman–Crippen MR) is 219 cm³/mol. The van der Waals surface area contributed by atoms with Gasteiger partial charge in [-0.3, -0.25) is 0 Å². The molecule has 1 N–H and O–H groups in total. The Bertz CT molecular complexity index is 1080. The van der Waals surface area contributed by atoms with Crippen LogP contribution in [-0.2, 0) is 22.8 Å². The molecule has 6 nitrogen and oxygen atoms in total. The second kappa shape index (κ2) is 19.3. The smallest absolute Gasteiger partial charge is 0.330 e. The number of allylic oxidation sites excluding steroid dienone is 2. The van der Waals surface area contributed by atoms with Crippen molar-refractivity contribution in [3.8, 4) is 0 Å². The molecule has 0 aromatic heterocycles. The molecule has 0 heterocycles. The van der Waals surface area contributed by atoms with E-state index in [-0.39, 0.29) is 69.7 Å². The van der Waals surface area contributed by atoms with Gasteiger partial charge in [-0.25, -0.2) is 4.79 Å². The molecule has 0 spiro atoms. The van der Waals surface area contributed by atoms with Gasteiger partial charge >= 0.3 is 5.97 Å². The summed E-state index contributed by atoms with van der Waals surface area (Å²) in [5, 5.41) is 10.1. The molecule has 0 bridgehead atoms. The third-order valence-corrected chi connectivity index (χ3v) is 25.0. The number of methoxy groups -OCH3 is 1. The van der Waals surface area contributed by atoms with Crippen molar-refractivity contribution in [2.24, 2.45) is 23.7 Å². The molecule has 49 heavy (non-hydrogen) atoms. The molecule has 0 aliphatic carbocycles. The highest BCUT2D eigenvalue weighted by molar-refractivity contribution is 6.75. The van der Waals surface area contributed by atoms with Gasteiger partial charge in [-0.1, -0.05) is 120 Å². The largest absolute Gasteiger partial charge is 0.466 e. The van der Waals surface area contributed by atoms with Gasteiger partial charge in [-0.15, -0.1) is 0 Å². The van der Waals surface area contributed by atoms with Crippen LogP contribution in [0.4, 0.5) is 0 Å². The van der Waals surface area contributed by atoms with E-state index in [4.69, 9.17) is 18.0 Å². The quantitative estimate of drug-likeness (QED) is 0.0467. The molecule has 0 amide bonds. The Morgan fingerprint density at radius 1 is 0.653 bits per heavy atom. The van der Waals surface area contributed by atoms with Crippen molar-refractivity contribution >= 4 is 30.9 Å². The van der Waals surface area contributed by atoms with Gasteiger partial charge < -0.3 is 23.1 Å². The Kier molecular flexibility index (Phi) is 19.0. The Labute approximate surface area is 307 Å². The summed E-state index contributed by atoms with van der Waals surface area (Å²) < 4.78 is 26.3. The summed E-state index contributed by atoms with van der Waals surface area (Å²) in [5.41, 5.74) is 0. The number of carbonyl (C=O) groups excluding carboxylic acids is 1. The summed E-state index contributed by atoms with van der Waals surface area (Å²) in [4.78, 5) is 11.7. The van der Waals surface area contributed by atoms with Crippen LogP contribution in [0.5, 0.6) is 0 Å². The van der Waals surface area contributed by atoms with Gasteiger partial charge in [0.2, 0.25) is 0 Å². The molecule has 0 radical (unpaired) electrons. The molecule has 0 saturated carbocycles. The Morgan fingerprint density at radius 2 is 1.12 bits per heavy atom. The Hall–Kier alpha value is -0.819. The minimum atomic E-state index is -2.15. The molecule has 7 atom stereocenters. The number of aliphatic hydroxyl groups is 1. The number of rotatable bonds is 19. The summed E-state index contributed by atoms with van der Waals surface area (Å²) >= 11 is 0. The van der Waals surface area contributed by atoms with Gasteiger partial charge in [0.05, 0.1) is 25.4 Å². The third-order valence-electron chi connectivity index (χ3n) is 11.5. The molecule has 0 unspecified atom stereocenters. The minimum absolute atomic E-state index is 0.0300. The van der Waals surface area contributed by atoms with Gasteiger partial charge in [0, 0.05) is 19.1 Å². The van der Waals surface area contributed by atoms with Crippen LogP contribution in [0.25, 0.3) is 0 Å². The lowest BCUT2D eigenvalue weighted by molar-refractivity contribution is -0.134. The fourth-order valence-corrected chi connectivity index (χ4v) is 9.14.